The van der Waals surface area contributed by atoms with E-state index >= 15 is 0 Å². The van der Waals surface area contributed by atoms with Crippen molar-refractivity contribution >= 4 is 38.8 Å². The van der Waals surface area contributed by atoms with Gasteiger partial charge in [0.25, 0.3) is 5.91 Å². The van der Waals surface area contributed by atoms with Crippen LogP contribution in [0.3, 0.4) is 0 Å². The number of rotatable bonds is 5. The van der Waals surface area contributed by atoms with E-state index in [4.69, 9.17) is 5.11 Å². The molecule has 4 nitrogen and oxygen atoms in total. The summed E-state index contributed by atoms with van der Waals surface area (Å²) < 4.78 is 1.15. The van der Waals surface area contributed by atoms with Gasteiger partial charge in [0.15, 0.2) is 0 Å². The fraction of sp³-hybridized carbons (Fsp3) is 0.250. The lowest BCUT2D eigenvalue weighted by molar-refractivity contribution is 0.0946. The number of hydrogen-bond acceptors (Lipinski definition) is 5. The highest BCUT2D eigenvalue weighted by molar-refractivity contribution is 7.26. The lowest BCUT2D eigenvalue weighted by atomic mass is 10.2. The topological polar surface area (TPSA) is 62.2 Å². The van der Waals surface area contributed by atoms with Gasteiger partial charge in [0.1, 0.15) is 5.01 Å². The Bertz CT molecular complexity index is 761. The number of hydrogen-bond donors (Lipinski definition) is 2. The summed E-state index contributed by atoms with van der Waals surface area (Å²) in [4.78, 5) is 18.4. The van der Waals surface area contributed by atoms with Crippen LogP contribution in [0.1, 0.15) is 16.6 Å². The number of aliphatic hydroxyl groups excluding tert-OH is 1. The van der Waals surface area contributed by atoms with Gasteiger partial charge < -0.3 is 10.4 Å². The molecule has 0 spiro atoms. The molecular formula is C16H16N2O2S2. The number of nitrogens with zero attached hydrogens (tertiary/aromatic N) is 1. The fourth-order valence-electron chi connectivity index (χ4n) is 1.97. The van der Waals surface area contributed by atoms with Crippen molar-refractivity contribution in [2.75, 3.05) is 13.2 Å². The van der Waals surface area contributed by atoms with E-state index < -0.39 is 0 Å². The van der Waals surface area contributed by atoms with E-state index in [1.165, 1.54) is 11.3 Å². The summed E-state index contributed by atoms with van der Waals surface area (Å²) in [5.74, 6) is -0.0368. The zero-order chi connectivity index (χ0) is 15.5. The van der Waals surface area contributed by atoms with E-state index in [0.29, 0.717) is 11.4 Å². The van der Waals surface area contributed by atoms with Crippen molar-refractivity contribution in [2.45, 2.75) is 6.92 Å². The molecule has 3 aromatic rings. The predicted octanol–water partition coefficient (Wildman–Crippen LogP) is 3.38. The van der Waals surface area contributed by atoms with Gasteiger partial charge in [-0.25, -0.2) is 4.98 Å². The molecule has 0 aliphatic carbocycles. The van der Waals surface area contributed by atoms with Crippen molar-refractivity contribution in [2.24, 2.45) is 5.92 Å². The van der Waals surface area contributed by atoms with E-state index in [2.05, 4.69) is 10.3 Å². The van der Waals surface area contributed by atoms with Crippen molar-refractivity contribution in [3.63, 3.8) is 0 Å². The molecule has 3 rings (SSSR count). The second-order valence-corrected chi connectivity index (χ2v) is 7.26. The molecule has 0 saturated heterocycles. The Kier molecular flexibility index (Phi) is 4.52. The SMILES string of the molecule is CC(CO)CNC(=O)c1ccc(-c2nc3ccccc3s2)s1. The summed E-state index contributed by atoms with van der Waals surface area (Å²) in [6.07, 6.45) is 0. The lowest BCUT2D eigenvalue weighted by Crippen LogP contribution is -2.28. The summed E-state index contributed by atoms with van der Waals surface area (Å²) in [5.41, 5.74) is 0.985. The average molecular weight is 332 g/mol. The minimum atomic E-state index is -0.0994. The largest absolute Gasteiger partial charge is 0.396 e. The fourth-order valence-corrected chi connectivity index (χ4v) is 3.91. The van der Waals surface area contributed by atoms with Crippen LogP contribution in [0.5, 0.6) is 0 Å². The van der Waals surface area contributed by atoms with Gasteiger partial charge in [-0.15, -0.1) is 22.7 Å². The van der Waals surface area contributed by atoms with Gasteiger partial charge in [0.05, 0.1) is 20.0 Å². The molecule has 0 aliphatic rings. The standard InChI is InChI=1S/C16H16N2O2S2/c1-10(9-19)8-17-15(20)13-6-7-14(21-13)16-18-11-4-2-3-5-12(11)22-16/h2-7,10,19H,8-9H2,1H3,(H,17,20). The summed E-state index contributed by atoms with van der Waals surface area (Å²) in [6.45, 7) is 2.44. The molecule has 2 heterocycles. The molecule has 1 aromatic carbocycles. The maximum atomic E-state index is 12.1. The first-order valence-corrected chi connectivity index (χ1v) is 8.65. The van der Waals surface area contributed by atoms with E-state index in [-0.39, 0.29) is 18.4 Å². The molecule has 0 saturated carbocycles. The van der Waals surface area contributed by atoms with Crippen LogP contribution in [-0.2, 0) is 0 Å². The molecule has 2 aromatic heterocycles. The number of thiophene rings is 1. The number of thiazole rings is 1. The number of carbonyl (C=O) groups excluding carboxylic acids is 1. The van der Waals surface area contributed by atoms with Gasteiger partial charge in [-0.1, -0.05) is 19.1 Å². The molecule has 1 atom stereocenters. The Labute approximate surface area is 136 Å². The minimum absolute atomic E-state index is 0.0626. The van der Waals surface area contributed by atoms with E-state index in [1.807, 2.05) is 43.3 Å². The predicted molar refractivity (Wildman–Crippen MR) is 91.5 cm³/mol. The van der Waals surface area contributed by atoms with Crippen LogP contribution in [0, 0.1) is 5.92 Å². The number of carbonyl (C=O) groups is 1. The van der Waals surface area contributed by atoms with Crippen molar-refractivity contribution in [1.29, 1.82) is 0 Å². The first-order valence-electron chi connectivity index (χ1n) is 7.02. The van der Waals surface area contributed by atoms with Gasteiger partial charge in [0, 0.05) is 13.2 Å². The Morgan fingerprint density at radius 3 is 2.86 bits per heavy atom. The van der Waals surface area contributed by atoms with Crippen molar-refractivity contribution in [3.05, 3.63) is 41.3 Å². The first kappa shape index (κ1) is 15.1. The Morgan fingerprint density at radius 1 is 1.27 bits per heavy atom. The third kappa shape index (κ3) is 3.19. The number of fused-ring (bicyclic) bond motifs is 1. The zero-order valence-electron chi connectivity index (χ0n) is 12.1. The van der Waals surface area contributed by atoms with Gasteiger partial charge in [-0.3, -0.25) is 4.79 Å². The average Bonchev–Trinajstić information content (AvgIpc) is 3.18. The summed E-state index contributed by atoms with van der Waals surface area (Å²) >= 11 is 3.07. The monoisotopic (exact) mass is 332 g/mol. The van der Waals surface area contributed by atoms with Crippen molar-refractivity contribution in [3.8, 4) is 9.88 Å². The van der Waals surface area contributed by atoms with Crippen LogP contribution in [0.25, 0.3) is 20.1 Å². The minimum Gasteiger partial charge on any atom is -0.396 e. The number of nitrogens with one attached hydrogen (secondary N) is 1. The molecule has 0 fully saturated rings. The van der Waals surface area contributed by atoms with Gasteiger partial charge in [-0.05, 0) is 30.2 Å². The molecule has 22 heavy (non-hydrogen) atoms. The molecule has 114 valence electrons. The number of aliphatic hydroxyl groups is 1. The molecule has 0 bridgehead atoms. The first-order chi connectivity index (χ1) is 10.7. The maximum Gasteiger partial charge on any atom is 0.261 e. The van der Waals surface area contributed by atoms with Gasteiger partial charge >= 0.3 is 0 Å². The number of para-hydroxylation sites is 1. The smallest absolute Gasteiger partial charge is 0.261 e. The van der Waals surface area contributed by atoms with Crippen molar-refractivity contribution < 1.29 is 9.90 Å². The van der Waals surface area contributed by atoms with Crippen LogP contribution in [-0.4, -0.2) is 29.1 Å². The third-order valence-corrected chi connectivity index (χ3v) is 5.55. The van der Waals surface area contributed by atoms with Gasteiger partial charge in [0.2, 0.25) is 0 Å². The van der Waals surface area contributed by atoms with E-state index in [9.17, 15) is 4.79 Å². The maximum absolute atomic E-state index is 12.1. The van der Waals surface area contributed by atoms with E-state index in [1.54, 1.807) is 11.3 Å². The Morgan fingerprint density at radius 2 is 2.09 bits per heavy atom. The molecule has 0 aliphatic heterocycles. The second-order valence-electron chi connectivity index (χ2n) is 5.15. The van der Waals surface area contributed by atoms with E-state index in [0.717, 1.165) is 20.1 Å². The summed E-state index contributed by atoms with van der Waals surface area (Å²) in [5, 5.41) is 12.8. The number of benzene rings is 1. The zero-order valence-corrected chi connectivity index (χ0v) is 13.7. The Hall–Kier alpha value is -1.76. The molecular weight excluding hydrogens is 316 g/mol. The molecule has 6 heteroatoms. The van der Waals surface area contributed by atoms with Crippen LogP contribution >= 0.6 is 22.7 Å². The van der Waals surface area contributed by atoms with Crippen LogP contribution in [0.15, 0.2) is 36.4 Å². The number of amides is 1. The van der Waals surface area contributed by atoms with Crippen LogP contribution in [0.4, 0.5) is 0 Å². The summed E-state index contributed by atoms with van der Waals surface area (Å²) in [7, 11) is 0. The molecule has 2 N–H and O–H groups in total. The summed E-state index contributed by atoms with van der Waals surface area (Å²) in [6, 6.07) is 11.8. The lowest BCUT2D eigenvalue weighted by Gasteiger charge is -2.08. The van der Waals surface area contributed by atoms with Gasteiger partial charge in [-0.2, -0.15) is 0 Å². The molecule has 1 amide bonds. The second kappa shape index (κ2) is 6.56. The molecule has 1 unspecified atom stereocenters. The molecule has 0 radical (unpaired) electrons. The van der Waals surface area contributed by atoms with Crippen LogP contribution in [0.2, 0.25) is 0 Å². The highest BCUT2D eigenvalue weighted by Crippen LogP contribution is 2.34. The number of aromatic nitrogens is 1. The quantitative estimate of drug-likeness (QED) is 0.753. The van der Waals surface area contributed by atoms with Crippen molar-refractivity contribution in [1.82, 2.24) is 10.3 Å². The third-order valence-electron chi connectivity index (χ3n) is 3.26. The normalized spacial score (nSPS) is 12.5. The van der Waals surface area contributed by atoms with Crippen LogP contribution < -0.4 is 5.32 Å². The Balaban J connectivity index is 1.77. The highest BCUT2D eigenvalue weighted by Gasteiger charge is 2.13. The highest BCUT2D eigenvalue weighted by atomic mass is 32.1.